The highest BCUT2D eigenvalue weighted by atomic mass is 16.3. The minimum atomic E-state index is -0.639. The van der Waals surface area contributed by atoms with Crippen molar-refractivity contribution in [3.8, 4) is 0 Å². The Bertz CT molecular complexity index is 582. The molecule has 0 bridgehead atoms. The maximum atomic E-state index is 12.1. The minimum absolute atomic E-state index is 0.142. The van der Waals surface area contributed by atoms with E-state index in [0.717, 1.165) is 11.2 Å². The Morgan fingerprint density at radius 1 is 1.50 bits per heavy atom. The van der Waals surface area contributed by atoms with Crippen LogP contribution in [0.4, 0.5) is 5.69 Å². The lowest BCUT2D eigenvalue weighted by Gasteiger charge is -2.18. The number of aliphatic hydroxyl groups is 1. The van der Waals surface area contributed by atoms with Crippen molar-refractivity contribution in [2.24, 2.45) is 0 Å². The van der Waals surface area contributed by atoms with E-state index in [1.54, 1.807) is 25.1 Å². The van der Waals surface area contributed by atoms with Crippen LogP contribution in [0.1, 0.15) is 30.6 Å². The van der Waals surface area contributed by atoms with E-state index in [2.05, 4.69) is 11.9 Å². The number of amides is 2. The Kier molecular flexibility index (Phi) is 6.47. The molecule has 0 radical (unpaired) electrons. The summed E-state index contributed by atoms with van der Waals surface area (Å²) < 4.78 is 0. The number of aliphatic hydroxyl groups excluding tert-OH is 1. The van der Waals surface area contributed by atoms with Crippen LogP contribution in [0.15, 0.2) is 36.4 Å². The van der Waals surface area contributed by atoms with Crippen LogP contribution >= 0.6 is 0 Å². The van der Waals surface area contributed by atoms with Crippen LogP contribution in [0.5, 0.6) is 0 Å². The Morgan fingerprint density at radius 3 is 2.73 bits per heavy atom. The van der Waals surface area contributed by atoms with Crippen LogP contribution in [-0.2, 0) is 4.79 Å². The zero-order chi connectivity index (χ0) is 16.7. The standard InChI is InChI=1S/C16H21N3O3/c1-4-11(2)16(22)19(10-17)14-7-5-6-13(8-14)15(21)18-9-12(3)20/h5-8,10,12,17,20H,2,4,9H2,1,3H3,(H,18,21)/t12-/m1/s1. The first-order valence-corrected chi connectivity index (χ1v) is 6.99. The van der Waals surface area contributed by atoms with E-state index in [-0.39, 0.29) is 18.4 Å². The van der Waals surface area contributed by atoms with Crippen LogP contribution in [0, 0.1) is 5.41 Å². The van der Waals surface area contributed by atoms with Gasteiger partial charge in [0, 0.05) is 17.7 Å². The summed E-state index contributed by atoms with van der Waals surface area (Å²) in [7, 11) is 0. The minimum Gasteiger partial charge on any atom is -0.392 e. The third kappa shape index (κ3) is 4.53. The molecule has 0 aliphatic carbocycles. The molecule has 0 saturated carbocycles. The van der Waals surface area contributed by atoms with E-state index >= 15 is 0 Å². The molecular weight excluding hydrogens is 282 g/mol. The third-order valence-corrected chi connectivity index (χ3v) is 3.02. The lowest BCUT2D eigenvalue weighted by atomic mass is 10.1. The van der Waals surface area contributed by atoms with Crippen LogP contribution < -0.4 is 10.2 Å². The molecule has 22 heavy (non-hydrogen) atoms. The first-order chi connectivity index (χ1) is 10.4. The Morgan fingerprint density at radius 2 is 2.18 bits per heavy atom. The van der Waals surface area contributed by atoms with Crippen molar-refractivity contribution in [3.05, 3.63) is 42.0 Å². The van der Waals surface area contributed by atoms with Crippen molar-refractivity contribution in [1.82, 2.24) is 5.32 Å². The van der Waals surface area contributed by atoms with Crippen molar-refractivity contribution >= 4 is 23.8 Å². The van der Waals surface area contributed by atoms with Gasteiger partial charge in [0.1, 0.15) is 0 Å². The van der Waals surface area contributed by atoms with Gasteiger partial charge >= 0.3 is 0 Å². The van der Waals surface area contributed by atoms with Gasteiger partial charge in [0.05, 0.1) is 18.1 Å². The molecule has 0 unspecified atom stereocenters. The molecule has 0 spiro atoms. The molecule has 6 heteroatoms. The number of carbonyl (C=O) groups is 2. The molecule has 1 atom stereocenters. The number of hydrogen-bond donors (Lipinski definition) is 3. The molecule has 3 N–H and O–H groups in total. The van der Waals surface area contributed by atoms with Gasteiger partial charge in [-0.25, -0.2) is 0 Å². The van der Waals surface area contributed by atoms with Gasteiger partial charge in [0.25, 0.3) is 11.8 Å². The second kappa shape index (κ2) is 8.09. The Balaban J connectivity index is 2.99. The van der Waals surface area contributed by atoms with E-state index in [0.29, 0.717) is 23.2 Å². The summed E-state index contributed by atoms with van der Waals surface area (Å²) in [6.07, 6.45) is 0.743. The third-order valence-electron chi connectivity index (χ3n) is 3.02. The Hall–Kier alpha value is -2.47. The summed E-state index contributed by atoms with van der Waals surface area (Å²) >= 11 is 0. The fourth-order valence-corrected chi connectivity index (χ4v) is 1.71. The van der Waals surface area contributed by atoms with Crippen molar-refractivity contribution < 1.29 is 14.7 Å². The predicted octanol–water partition coefficient (Wildman–Crippen LogP) is 1.70. The first kappa shape index (κ1) is 17.6. The normalized spacial score (nSPS) is 11.4. The zero-order valence-electron chi connectivity index (χ0n) is 12.8. The molecule has 0 aromatic heterocycles. The molecule has 6 nitrogen and oxygen atoms in total. The number of hydrogen-bond acceptors (Lipinski definition) is 4. The molecule has 0 aliphatic rings. The average molecular weight is 303 g/mol. The van der Waals surface area contributed by atoms with Gasteiger partial charge in [0.2, 0.25) is 0 Å². The Labute approximate surface area is 130 Å². The molecule has 1 aromatic carbocycles. The number of rotatable bonds is 7. The monoisotopic (exact) mass is 303 g/mol. The predicted molar refractivity (Wildman–Crippen MR) is 86.2 cm³/mol. The van der Waals surface area contributed by atoms with Gasteiger partial charge in [0.15, 0.2) is 0 Å². The number of carbonyl (C=O) groups excluding carboxylic acids is 2. The maximum absolute atomic E-state index is 12.1. The summed E-state index contributed by atoms with van der Waals surface area (Å²) in [5.74, 6) is -0.728. The van der Waals surface area contributed by atoms with Gasteiger partial charge in [-0.15, -0.1) is 0 Å². The van der Waals surface area contributed by atoms with E-state index in [1.807, 2.05) is 6.92 Å². The average Bonchev–Trinajstić information content (AvgIpc) is 2.52. The van der Waals surface area contributed by atoms with E-state index in [4.69, 9.17) is 5.41 Å². The van der Waals surface area contributed by atoms with Crippen LogP contribution in [0.3, 0.4) is 0 Å². The molecule has 0 heterocycles. The molecular formula is C16H21N3O3. The number of nitrogens with zero attached hydrogens (tertiary/aromatic N) is 1. The smallest absolute Gasteiger partial charge is 0.258 e. The van der Waals surface area contributed by atoms with E-state index in [1.165, 1.54) is 6.07 Å². The van der Waals surface area contributed by atoms with Crippen LogP contribution in [0.25, 0.3) is 0 Å². The molecule has 118 valence electrons. The SMILES string of the molecule is C=C(CC)C(=O)N(C=N)c1cccc(C(=O)NC[C@@H](C)O)c1. The molecule has 0 aliphatic heterocycles. The van der Waals surface area contributed by atoms with Gasteiger partial charge in [-0.2, -0.15) is 0 Å². The van der Waals surface area contributed by atoms with Gasteiger partial charge in [-0.05, 0) is 31.5 Å². The van der Waals surface area contributed by atoms with Crippen molar-refractivity contribution in [1.29, 1.82) is 5.41 Å². The summed E-state index contributed by atoms with van der Waals surface area (Å²) in [4.78, 5) is 25.3. The van der Waals surface area contributed by atoms with Crippen LogP contribution in [-0.4, -0.2) is 35.9 Å². The van der Waals surface area contributed by atoms with Gasteiger partial charge in [-0.1, -0.05) is 19.6 Å². The largest absolute Gasteiger partial charge is 0.392 e. The van der Waals surface area contributed by atoms with Crippen molar-refractivity contribution in [2.45, 2.75) is 26.4 Å². The summed E-state index contributed by atoms with van der Waals surface area (Å²) in [5.41, 5.74) is 1.15. The van der Waals surface area contributed by atoms with E-state index in [9.17, 15) is 14.7 Å². The maximum Gasteiger partial charge on any atom is 0.258 e. The zero-order valence-corrected chi connectivity index (χ0v) is 12.8. The molecule has 2 amide bonds. The highest BCUT2D eigenvalue weighted by Gasteiger charge is 2.17. The fraction of sp³-hybridized carbons (Fsp3) is 0.312. The lowest BCUT2D eigenvalue weighted by Crippen LogP contribution is -2.32. The highest BCUT2D eigenvalue weighted by molar-refractivity contribution is 6.15. The quantitative estimate of drug-likeness (QED) is 0.406. The summed E-state index contributed by atoms with van der Waals surface area (Å²) in [6.45, 7) is 7.19. The molecule has 0 fully saturated rings. The van der Waals surface area contributed by atoms with Crippen molar-refractivity contribution in [2.75, 3.05) is 11.4 Å². The van der Waals surface area contributed by atoms with Crippen molar-refractivity contribution in [3.63, 3.8) is 0 Å². The second-order valence-electron chi connectivity index (χ2n) is 4.87. The van der Waals surface area contributed by atoms with Crippen LogP contribution in [0.2, 0.25) is 0 Å². The topological polar surface area (TPSA) is 93.5 Å². The highest BCUT2D eigenvalue weighted by Crippen LogP contribution is 2.18. The fourth-order valence-electron chi connectivity index (χ4n) is 1.71. The summed E-state index contributed by atoms with van der Waals surface area (Å²) in [6, 6.07) is 6.38. The lowest BCUT2D eigenvalue weighted by molar-refractivity contribution is -0.114. The molecule has 1 rings (SSSR count). The molecule has 0 saturated heterocycles. The number of nitrogens with one attached hydrogen (secondary N) is 2. The molecule has 1 aromatic rings. The van der Waals surface area contributed by atoms with Gasteiger partial charge in [-0.3, -0.25) is 19.9 Å². The second-order valence-corrected chi connectivity index (χ2v) is 4.87. The number of anilines is 1. The van der Waals surface area contributed by atoms with E-state index < -0.39 is 6.10 Å². The summed E-state index contributed by atoms with van der Waals surface area (Å²) in [5, 5.41) is 19.2. The van der Waals surface area contributed by atoms with Gasteiger partial charge < -0.3 is 10.4 Å². The first-order valence-electron chi connectivity index (χ1n) is 6.99. The number of benzene rings is 1.